The summed E-state index contributed by atoms with van der Waals surface area (Å²) in [5.41, 5.74) is 0.906. The van der Waals surface area contributed by atoms with Crippen LogP contribution in [0.15, 0.2) is 77.7 Å². The van der Waals surface area contributed by atoms with E-state index in [0.29, 0.717) is 12.8 Å². The number of hydrogen-bond donors (Lipinski definition) is 0. The number of fused-ring (bicyclic) bond motifs is 1. The third kappa shape index (κ3) is 4.72. The lowest BCUT2D eigenvalue weighted by Crippen LogP contribution is -2.62. The van der Waals surface area contributed by atoms with Gasteiger partial charge in [0.2, 0.25) is 5.91 Å². The Morgan fingerprint density at radius 1 is 1.09 bits per heavy atom. The summed E-state index contributed by atoms with van der Waals surface area (Å²) in [7, 11) is 1.32. The molecule has 166 valence electrons. The molecule has 2 aliphatic rings. The van der Waals surface area contributed by atoms with Crippen LogP contribution < -0.4 is 0 Å². The van der Waals surface area contributed by atoms with E-state index in [-0.39, 0.29) is 35.7 Å². The highest BCUT2D eigenvalue weighted by molar-refractivity contribution is 8.00. The van der Waals surface area contributed by atoms with Gasteiger partial charge in [0.1, 0.15) is 12.6 Å². The Labute approximate surface area is 191 Å². The number of rotatable bonds is 8. The fraction of sp³-hybridized carbons (Fsp3) is 0.320. The van der Waals surface area contributed by atoms with Crippen LogP contribution in [0.5, 0.6) is 0 Å². The Kier molecular flexibility index (Phi) is 6.95. The second-order valence-corrected chi connectivity index (χ2v) is 9.14. The number of hydrogen-bond acceptors (Lipinski definition) is 6. The largest absolute Gasteiger partial charge is 0.466 e. The third-order valence-electron chi connectivity index (χ3n) is 5.86. The van der Waals surface area contributed by atoms with E-state index in [0.717, 1.165) is 10.5 Å². The lowest BCUT2D eigenvalue weighted by Gasteiger charge is -2.44. The highest BCUT2D eigenvalue weighted by Gasteiger charge is 2.59. The number of amides is 1. The summed E-state index contributed by atoms with van der Waals surface area (Å²) in [6.07, 6.45) is 4.16. The normalized spacial score (nSPS) is 24.2. The van der Waals surface area contributed by atoms with Crippen molar-refractivity contribution in [3.05, 3.63) is 78.4 Å². The fourth-order valence-electron chi connectivity index (χ4n) is 4.30. The molecule has 7 heteroatoms. The van der Waals surface area contributed by atoms with Crippen LogP contribution in [0.1, 0.15) is 18.4 Å². The summed E-state index contributed by atoms with van der Waals surface area (Å²) >= 11 is 1.61. The van der Waals surface area contributed by atoms with Crippen molar-refractivity contribution in [3.63, 3.8) is 0 Å². The summed E-state index contributed by atoms with van der Waals surface area (Å²) in [5, 5.41) is -0.0933. The van der Waals surface area contributed by atoms with E-state index in [2.05, 4.69) is 4.74 Å². The van der Waals surface area contributed by atoms with Crippen molar-refractivity contribution < 1.29 is 23.9 Å². The number of β-lactam (4-membered cyclic amide) rings is 1. The molecule has 2 aromatic rings. The maximum atomic E-state index is 13.1. The average Bonchev–Trinajstić information content (AvgIpc) is 3.16. The molecular formula is C25H25NO5S. The number of carbonyl (C=O) groups is 3. The number of ether oxygens (including phenoxy) is 2. The standard InChI is InChI=1S/C25H25NO5S/c1-30-22(27)14-8-13-19-20-15-21(32-18-11-6-3-7-12-18)23(26(20)24(19)28)25(29)31-16-17-9-4-2-5-10-17/h2-12,14,19-21,23H,13,15-16H2,1H3. The zero-order valence-corrected chi connectivity index (χ0v) is 18.6. The molecule has 32 heavy (non-hydrogen) atoms. The van der Waals surface area contributed by atoms with Gasteiger partial charge in [0.15, 0.2) is 0 Å². The molecular weight excluding hydrogens is 426 g/mol. The van der Waals surface area contributed by atoms with E-state index in [1.807, 2.05) is 60.7 Å². The molecule has 0 bridgehead atoms. The van der Waals surface area contributed by atoms with E-state index in [4.69, 9.17) is 4.74 Å². The predicted molar refractivity (Wildman–Crippen MR) is 121 cm³/mol. The number of nitrogens with zero attached hydrogens (tertiary/aromatic N) is 1. The first-order valence-corrected chi connectivity index (χ1v) is 11.5. The molecule has 2 fully saturated rings. The zero-order valence-electron chi connectivity index (χ0n) is 17.8. The van der Waals surface area contributed by atoms with E-state index < -0.39 is 12.0 Å². The van der Waals surface area contributed by atoms with Gasteiger partial charge in [0, 0.05) is 22.3 Å². The Balaban J connectivity index is 1.48. The van der Waals surface area contributed by atoms with Gasteiger partial charge >= 0.3 is 11.9 Å². The third-order valence-corrected chi connectivity index (χ3v) is 7.16. The van der Waals surface area contributed by atoms with Gasteiger partial charge in [-0.3, -0.25) is 4.79 Å². The van der Waals surface area contributed by atoms with Crippen molar-refractivity contribution in [2.45, 2.75) is 41.7 Å². The summed E-state index contributed by atoms with van der Waals surface area (Å²) in [4.78, 5) is 40.1. The molecule has 0 radical (unpaired) electrons. The van der Waals surface area contributed by atoms with E-state index in [1.165, 1.54) is 13.2 Å². The zero-order chi connectivity index (χ0) is 22.5. The average molecular weight is 452 g/mol. The number of benzene rings is 2. The topological polar surface area (TPSA) is 72.9 Å². The first-order valence-electron chi connectivity index (χ1n) is 10.6. The van der Waals surface area contributed by atoms with E-state index >= 15 is 0 Å². The van der Waals surface area contributed by atoms with Crippen molar-refractivity contribution in [1.82, 2.24) is 4.90 Å². The molecule has 0 aromatic heterocycles. The minimum absolute atomic E-state index is 0.0414. The Hall–Kier alpha value is -3.06. The van der Waals surface area contributed by atoms with Crippen LogP contribution in [0, 0.1) is 5.92 Å². The maximum Gasteiger partial charge on any atom is 0.330 e. The van der Waals surface area contributed by atoms with Crippen LogP contribution in [0.4, 0.5) is 0 Å². The number of esters is 2. The van der Waals surface area contributed by atoms with Gasteiger partial charge in [0.05, 0.1) is 13.0 Å². The predicted octanol–water partition coefficient (Wildman–Crippen LogP) is 3.61. The quantitative estimate of drug-likeness (QED) is 0.347. The lowest BCUT2D eigenvalue weighted by atomic mass is 9.85. The van der Waals surface area contributed by atoms with Gasteiger partial charge < -0.3 is 14.4 Å². The van der Waals surface area contributed by atoms with Gasteiger partial charge in [-0.15, -0.1) is 11.8 Å². The minimum atomic E-state index is -0.623. The van der Waals surface area contributed by atoms with E-state index in [9.17, 15) is 14.4 Å². The molecule has 0 spiro atoms. The van der Waals surface area contributed by atoms with Crippen LogP contribution in [-0.4, -0.2) is 47.2 Å². The van der Waals surface area contributed by atoms with Gasteiger partial charge in [-0.1, -0.05) is 54.6 Å². The highest BCUT2D eigenvalue weighted by atomic mass is 32.2. The van der Waals surface area contributed by atoms with Crippen molar-refractivity contribution in [3.8, 4) is 0 Å². The van der Waals surface area contributed by atoms with Crippen LogP contribution in [0.25, 0.3) is 0 Å². The summed E-state index contributed by atoms with van der Waals surface area (Å²) in [6, 6.07) is 18.7. The number of methoxy groups -OCH3 is 1. The molecule has 4 atom stereocenters. The SMILES string of the molecule is COC(=O)C=CCC1C(=O)N2C1CC(Sc1ccccc1)C2C(=O)OCc1ccccc1. The molecule has 1 amide bonds. The molecule has 0 saturated carbocycles. The second kappa shape index (κ2) is 10.0. The maximum absolute atomic E-state index is 13.1. The van der Waals surface area contributed by atoms with Crippen LogP contribution in [0.2, 0.25) is 0 Å². The molecule has 4 unspecified atom stereocenters. The molecule has 2 aromatic carbocycles. The Bertz CT molecular complexity index is 994. The van der Waals surface area contributed by atoms with Crippen LogP contribution in [0.3, 0.4) is 0 Å². The van der Waals surface area contributed by atoms with Gasteiger partial charge in [-0.25, -0.2) is 9.59 Å². The monoisotopic (exact) mass is 451 g/mol. The molecule has 2 saturated heterocycles. The molecule has 0 N–H and O–H groups in total. The van der Waals surface area contributed by atoms with Gasteiger partial charge in [-0.05, 0) is 30.5 Å². The first-order chi connectivity index (χ1) is 15.6. The number of thioether (sulfide) groups is 1. The number of carbonyl (C=O) groups excluding carboxylic acids is 3. The molecule has 2 heterocycles. The van der Waals surface area contributed by atoms with Crippen molar-refractivity contribution in [2.24, 2.45) is 5.92 Å². The van der Waals surface area contributed by atoms with Crippen molar-refractivity contribution in [2.75, 3.05) is 7.11 Å². The second-order valence-electron chi connectivity index (χ2n) is 7.82. The molecule has 6 nitrogen and oxygen atoms in total. The summed E-state index contributed by atoms with van der Waals surface area (Å²) in [5.74, 6) is -1.12. The number of allylic oxidation sites excluding steroid dienone is 1. The fourth-order valence-corrected chi connectivity index (χ4v) is 5.63. The summed E-state index contributed by atoms with van der Waals surface area (Å²) in [6.45, 7) is 0.177. The van der Waals surface area contributed by atoms with Crippen LogP contribution in [-0.2, 0) is 30.5 Å². The van der Waals surface area contributed by atoms with Crippen LogP contribution >= 0.6 is 11.8 Å². The van der Waals surface area contributed by atoms with Crippen molar-refractivity contribution in [1.29, 1.82) is 0 Å². The smallest absolute Gasteiger partial charge is 0.330 e. The Morgan fingerprint density at radius 3 is 2.47 bits per heavy atom. The molecule has 4 rings (SSSR count). The van der Waals surface area contributed by atoms with Crippen molar-refractivity contribution >= 4 is 29.6 Å². The first kappa shape index (κ1) is 22.1. The summed E-state index contributed by atoms with van der Waals surface area (Å²) < 4.78 is 10.2. The Morgan fingerprint density at radius 2 is 1.78 bits per heavy atom. The van der Waals surface area contributed by atoms with Gasteiger partial charge in [-0.2, -0.15) is 0 Å². The van der Waals surface area contributed by atoms with E-state index in [1.54, 1.807) is 22.7 Å². The van der Waals surface area contributed by atoms with Gasteiger partial charge in [0.25, 0.3) is 0 Å². The highest BCUT2D eigenvalue weighted by Crippen LogP contribution is 2.47. The molecule has 2 aliphatic heterocycles. The molecule has 0 aliphatic carbocycles. The lowest BCUT2D eigenvalue weighted by molar-refractivity contribution is -0.166. The minimum Gasteiger partial charge on any atom is -0.466 e.